The molecule has 1 N–H and O–H groups in total. The van der Waals surface area contributed by atoms with Crippen molar-refractivity contribution in [3.63, 3.8) is 0 Å². The van der Waals surface area contributed by atoms with Crippen molar-refractivity contribution in [1.82, 2.24) is 25.0 Å². The normalized spacial score (nSPS) is 21.4. The first kappa shape index (κ1) is 19.2. The van der Waals surface area contributed by atoms with Crippen molar-refractivity contribution in [2.45, 2.75) is 13.0 Å². The standard InChI is InChI=1S/C19H31N5O2/c1-2-22-7-9-23(10-8-22)16-19(25)21-15-18(17-3-5-20-6-4-17)24-11-13-26-14-12-24/h3-6,18H,2,7-16H2,1H3,(H,21,25). The first-order valence-corrected chi connectivity index (χ1v) is 9.69. The molecule has 2 aliphatic heterocycles. The minimum atomic E-state index is 0.113. The van der Waals surface area contributed by atoms with Crippen LogP contribution in [0.1, 0.15) is 18.5 Å². The van der Waals surface area contributed by atoms with Crippen molar-refractivity contribution in [2.75, 3.05) is 72.1 Å². The molecule has 1 aromatic heterocycles. The van der Waals surface area contributed by atoms with Crippen LogP contribution in [0.25, 0.3) is 0 Å². The van der Waals surface area contributed by atoms with E-state index in [1.807, 2.05) is 24.5 Å². The van der Waals surface area contributed by atoms with Crippen molar-refractivity contribution in [3.8, 4) is 0 Å². The summed E-state index contributed by atoms with van der Waals surface area (Å²) in [6.45, 7) is 11.7. The molecule has 0 bridgehead atoms. The molecular weight excluding hydrogens is 330 g/mol. The number of nitrogens with zero attached hydrogens (tertiary/aromatic N) is 4. The summed E-state index contributed by atoms with van der Waals surface area (Å²) in [6.07, 6.45) is 3.63. The highest BCUT2D eigenvalue weighted by Gasteiger charge is 2.24. The van der Waals surface area contributed by atoms with Crippen LogP contribution in [-0.4, -0.2) is 97.7 Å². The molecule has 7 nitrogen and oxygen atoms in total. The third-order valence-electron chi connectivity index (χ3n) is 5.35. The summed E-state index contributed by atoms with van der Waals surface area (Å²) in [7, 11) is 0. The number of piperazine rings is 1. The predicted octanol–water partition coefficient (Wildman–Crippen LogP) is 0.209. The number of aromatic nitrogens is 1. The minimum absolute atomic E-state index is 0.113. The molecule has 1 unspecified atom stereocenters. The number of carbonyl (C=O) groups is 1. The van der Waals surface area contributed by atoms with Crippen LogP contribution in [0.2, 0.25) is 0 Å². The third kappa shape index (κ3) is 5.48. The second-order valence-electron chi connectivity index (χ2n) is 6.96. The van der Waals surface area contributed by atoms with Crippen LogP contribution in [0.5, 0.6) is 0 Å². The summed E-state index contributed by atoms with van der Waals surface area (Å²) in [5.41, 5.74) is 1.19. The maximum atomic E-state index is 12.5. The van der Waals surface area contributed by atoms with Crippen LogP contribution in [0, 0.1) is 0 Å². The average molecular weight is 361 g/mol. The molecule has 3 rings (SSSR count). The molecule has 7 heteroatoms. The van der Waals surface area contributed by atoms with Gasteiger partial charge < -0.3 is 15.0 Å². The van der Waals surface area contributed by atoms with Gasteiger partial charge >= 0.3 is 0 Å². The number of likely N-dealkylation sites (N-methyl/N-ethyl adjacent to an activating group) is 1. The predicted molar refractivity (Wildman–Crippen MR) is 101 cm³/mol. The van der Waals surface area contributed by atoms with Crippen molar-refractivity contribution in [3.05, 3.63) is 30.1 Å². The molecule has 0 saturated carbocycles. The van der Waals surface area contributed by atoms with Gasteiger partial charge in [-0.3, -0.25) is 19.6 Å². The topological polar surface area (TPSA) is 60.9 Å². The number of hydrogen-bond donors (Lipinski definition) is 1. The van der Waals surface area contributed by atoms with E-state index in [-0.39, 0.29) is 11.9 Å². The molecule has 3 heterocycles. The fourth-order valence-electron chi connectivity index (χ4n) is 3.67. The van der Waals surface area contributed by atoms with Crippen LogP contribution in [0.4, 0.5) is 0 Å². The fourth-order valence-corrected chi connectivity index (χ4v) is 3.67. The van der Waals surface area contributed by atoms with Gasteiger partial charge in [0.25, 0.3) is 0 Å². The Kier molecular flexibility index (Phi) is 7.37. The van der Waals surface area contributed by atoms with Gasteiger partial charge in [-0.2, -0.15) is 0 Å². The first-order valence-electron chi connectivity index (χ1n) is 9.69. The molecule has 2 aliphatic rings. The lowest BCUT2D eigenvalue weighted by atomic mass is 10.1. The average Bonchev–Trinajstić information content (AvgIpc) is 2.70. The van der Waals surface area contributed by atoms with Crippen molar-refractivity contribution >= 4 is 5.91 Å². The molecule has 1 amide bonds. The van der Waals surface area contributed by atoms with Crippen molar-refractivity contribution in [1.29, 1.82) is 0 Å². The van der Waals surface area contributed by atoms with Gasteiger partial charge in [0.15, 0.2) is 0 Å². The molecular formula is C19H31N5O2. The zero-order valence-electron chi connectivity index (χ0n) is 15.8. The summed E-state index contributed by atoms with van der Waals surface area (Å²) in [5, 5.41) is 3.15. The Bertz CT molecular complexity index is 542. The molecule has 144 valence electrons. The van der Waals surface area contributed by atoms with Gasteiger partial charge in [0.05, 0.1) is 25.8 Å². The monoisotopic (exact) mass is 361 g/mol. The summed E-state index contributed by atoms with van der Waals surface area (Å²) in [5.74, 6) is 0.113. The van der Waals surface area contributed by atoms with Crippen molar-refractivity contribution in [2.24, 2.45) is 0 Å². The largest absolute Gasteiger partial charge is 0.379 e. The highest BCUT2D eigenvalue weighted by atomic mass is 16.5. The Labute approximate surface area is 156 Å². The van der Waals surface area contributed by atoms with E-state index >= 15 is 0 Å². The van der Waals surface area contributed by atoms with E-state index in [2.05, 4.69) is 31.9 Å². The number of hydrogen-bond acceptors (Lipinski definition) is 6. The zero-order chi connectivity index (χ0) is 18.2. The highest BCUT2D eigenvalue weighted by molar-refractivity contribution is 5.78. The van der Waals surface area contributed by atoms with Crippen LogP contribution >= 0.6 is 0 Å². The van der Waals surface area contributed by atoms with Crippen LogP contribution in [0.15, 0.2) is 24.5 Å². The third-order valence-corrected chi connectivity index (χ3v) is 5.35. The number of nitrogens with one attached hydrogen (secondary N) is 1. The van der Waals surface area contributed by atoms with Gasteiger partial charge in [-0.25, -0.2) is 0 Å². The molecule has 0 aliphatic carbocycles. The fraction of sp³-hybridized carbons (Fsp3) is 0.684. The number of pyridine rings is 1. The maximum absolute atomic E-state index is 12.5. The molecule has 1 aromatic rings. The number of morpholine rings is 1. The highest BCUT2D eigenvalue weighted by Crippen LogP contribution is 2.20. The summed E-state index contributed by atoms with van der Waals surface area (Å²) >= 11 is 0. The number of ether oxygens (including phenoxy) is 1. The lowest BCUT2D eigenvalue weighted by Crippen LogP contribution is -2.50. The van der Waals surface area contributed by atoms with E-state index in [1.165, 1.54) is 5.56 Å². The number of rotatable bonds is 7. The molecule has 0 spiro atoms. The number of amides is 1. The van der Waals surface area contributed by atoms with Gasteiger partial charge in [0, 0.05) is 58.2 Å². The van der Waals surface area contributed by atoms with E-state index in [1.54, 1.807) is 0 Å². The van der Waals surface area contributed by atoms with Gasteiger partial charge in [-0.05, 0) is 24.2 Å². The summed E-state index contributed by atoms with van der Waals surface area (Å²) in [4.78, 5) is 23.6. The quantitative estimate of drug-likeness (QED) is 0.749. The molecule has 1 atom stereocenters. The maximum Gasteiger partial charge on any atom is 0.234 e. The van der Waals surface area contributed by atoms with Crippen LogP contribution in [-0.2, 0) is 9.53 Å². The lowest BCUT2D eigenvalue weighted by molar-refractivity contribution is -0.123. The first-order chi connectivity index (χ1) is 12.8. The Morgan fingerprint density at radius 2 is 1.77 bits per heavy atom. The minimum Gasteiger partial charge on any atom is -0.379 e. The van der Waals surface area contributed by atoms with Crippen LogP contribution in [0.3, 0.4) is 0 Å². The van der Waals surface area contributed by atoms with E-state index in [0.29, 0.717) is 13.1 Å². The van der Waals surface area contributed by atoms with Gasteiger partial charge in [0.1, 0.15) is 0 Å². The Morgan fingerprint density at radius 1 is 1.12 bits per heavy atom. The van der Waals surface area contributed by atoms with Gasteiger partial charge in [-0.1, -0.05) is 6.92 Å². The molecule has 2 saturated heterocycles. The zero-order valence-corrected chi connectivity index (χ0v) is 15.8. The second-order valence-corrected chi connectivity index (χ2v) is 6.96. The van der Waals surface area contributed by atoms with Crippen molar-refractivity contribution < 1.29 is 9.53 Å². The van der Waals surface area contributed by atoms with E-state index in [0.717, 1.165) is 59.0 Å². The van der Waals surface area contributed by atoms with Gasteiger partial charge in [0.2, 0.25) is 5.91 Å². The molecule has 0 radical (unpaired) electrons. The molecule has 26 heavy (non-hydrogen) atoms. The Morgan fingerprint density at radius 3 is 2.42 bits per heavy atom. The molecule has 0 aromatic carbocycles. The second kappa shape index (κ2) is 9.97. The van der Waals surface area contributed by atoms with E-state index in [9.17, 15) is 4.79 Å². The number of carbonyl (C=O) groups excluding carboxylic acids is 1. The SMILES string of the molecule is CCN1CCN(CC(=O)NCC(c2ccncc2)N2CCOCC2)CC1. The lowest BCUT2D eigenvalue weighted by Gasteiger charge is -2.35. The molecule has 2 fully saturated rings. The smallest absolute Gasteiger partial charge is 0.234 e. The Hall–Kier alpha value is -1.54. The van der Waals surface area contributed by atoms with E-state index < -0.39 is 0 Å². The Balaban J connectivity index is 1.51. The summed E-state index contributed by atoms with van der Waals surface area (Å²) in [6, 6.07) is 4.25. The van der Waals surface area contributed by atoms with Gasteiger partial charge in [-0.15, -0.1) is 0 Å². The van der Waals surface area contributed by atoms with E-state index in [4.69, 9.17) is 4.74 Å². The van der Waals surface area contributed by atoms with Crippen LogP contribution < -0.4 is 5.32 Å². The summed E-state index contributed by atoms with van der Waals surface area (Å²) < 4.78 is 5.48.